The van der Waals surface area contributed by atoms with Crippen LogP contribution in [0.2, 0.25) is 0 Å². The summed E-state index contributed by atoms with van der Waals surface area (Å²) in [4.78, 5) is 51.4. The monoisotopic (exact) mass is 408 g/mol. The van der Waals surface area contributed by atoms with E-state index in [0.717, 1.165) is 0 Å². The quantitative estimate of drug-likeness (QED) is 0.571. The minimum Gasteiger partial charge on any atom is -0.462 e. The van der Waals surface area contributed by atoms with Gasteiger partial charge >= 0.3 is 11.9 Å². The molecule has 2 aromatic rings. The highest BCUT2D eigenvalue weighted by molar-refractivity contribution is 6.29. The van der Waals surface area contributed by atoms with Crippen LogP contribution in [0.1, 0.15) is 80.3 Å². The van der Waals surface area contributed by atoms with Crippen molar-refractivity contribution in [2.75, 3.05) is 13.2 Å². The first-order chi connectivity index (χ1) is 14.2. The summed E-state index contributed by atoms with van der Waals surface area (Å²) in [7, 11) is 0. The molecule has 1 aliphatic carbocycles. The number of ketones is 2. The fourth-order valence-electron chi connectivity index (χ4n) is 3.12. The van der Waals surface area contributed by atoms with Gasteiger partial charge in [-0.05, 0) is 24.0 Å². The normalized spacial score (nSPS) is 12.6. The van der Waals surface area contributed by atoms with Gasteiger partial charge in [0.15, 0.2) is 11.6 Å². The molecular formula is C24H24O6. The fourth-order valence-corrected chi connectivity index (χ4v) is 3.12. The first-order valence-electron chi connectivity index (χ1n) is 9.91. The van der Waals surface area contributed by atoms with Gasteiger partial charge in [-0.2, -0.15) is 0 Å². The standard InChI is InChI=1S/C24H24O6/c1-13(2)11-29-23(27)19-9-17-18(10-20(19)24(28)30-12-14(3)4)22(26)16-8-6-5-7-15(16)21(17)25/h5-10,13-14H,11-12H2,1-4H3. The first-order valence-corrected chi connectivity index (χ1v) is 9.91. The number of carbonyl (C=O) groups is 4. The molecule has 3 rings (SSSR count). The third kappa shape index (κ3) is 4.17. The molecule has 30 heavy (non-hydrogen) atoms. The lowest BCUT2D eigenvalue weighted by Gasteiger charge is -2.20. The van der Waals surface area contributed by atoms with Crippen molar-refractivity contribution < 1.29 is 28.7 Å². The number of rotatable bonds is 6. The van der Waals surface area contributed by atoms with E-state index in [1.165, 1.54) is 12.1 Å². The van der Waals surface area contributed by atoms with Crippen LogP contribution in [0.4, 0.5) is 0 Å². The van der Waals surface area contributed by atoms with E-state index in [1.54, 1.807) is 24.3 Å². The highest BCUT2D eigenvalue weighted by atomic mass is 16.5. The molecule has 0 unspecified atom stereocenters. The Balaban J connectivity index is 2.11. The van der Waals surface area contributed by atoms with E-state index < -0.39 is 11.9 Å². The molecule has 0 radical (unpaired) electrons. The Morgan fingerprint density at radius 1 is 0.700 bits per heavy atom. The molecule has 0 aliphatic heterocycles. The topological polar surface area (TPSA) is 86.7 Å². The van der Waals surface area contributed by atoms with Crippen LogP contribution in [0.15, 0.2) is 36.4 Å². The molecule has 0 aromatic heterocycles. The highest BCUT2D eigenvalue weighted by Gasteiger charge is 2.33. The summed E-state index contributed by atoms with van der Waals surface area (Å²) in [5.74, 6) is -2.03. The summed E-state index contributed by atoms with van der Waals surface area (Å²) in [6.07, 6.45) is 0. The number of fused-ring (bicyclic) bond motifs is 2. The van der Waals surface area contributed by atoms with E-state index in [-0.39, 0.29) is 70.0 Å². The lowest BCUT2D eigenvalue weighted by atomic mass is 9.82. The minimum atomic E-state index is -0.734. The predicted molar refractivity (Wildman–Crippen MR) is 110 cm³/mol. The Hall–Kier alpha value is -3.28. The zero-order chi connectivity index (χ0) is 22.0. The SMILES string of the molecule is CC(C)COC(=O)c1cc2c(cc1C(=O)OCC(C)C)C(=O)c1ccccc1C2=O. The first kappa shape index (κ1) is 21.4. The second-order valence-electron chi connectivity index (χ2n) is 8.13. The van der Waals surface area contributed by atoms with Crippen molar-refractivity contribution in [3.8, 4) is 0 Å². The maximum Gasteiger partial charge on any atom is 0.339 e. The number of hydrogen-bond donors (Lipinski definition) is 0. The van der Waals surface area contributed by atoms with Crippen molar-refractivity contribution in [1.29, 1.82) is 0 Å². The Morgan fingerprint density at radius 2 is 1.07 bits per heavy atom. The predicted octanol–water partition coefficient (Wildman–Crippen LogP) is 4.09. The Bertz CT molecular complexity index is 950. The van der Waals surface area contributed by atoms with Crippen LogP contribution in [-0.2, 0) is 9.47 Å². The van der Waals surface area contributed by atoms with Crippen LogP contribution < -0.4 is 0 Å². The molecule has 0 heterocycles. The number of esters is 2. The molecule has 0 saturated heterocycles. The maximum absolute atomic E-state index is 13.0. The van der Waals surface area contributed by atoms with Crippen molar-refractivity contribution in [1.82, 2.24) is 0 Å². The second-order valence-corrected chi connectivity index (χ2v) is 8.13. The minimum absolute atomic E-state index is 0.0793. The smallest absolute Gasteiger partial charge is 0.339 e. The van der Waals surface area contributed by atoms with Crippen molar-refractivity contribution in [3.05, 3.63) is 69.8 Å². The van der Waals surface area contributed by atoms with Crippen molar-refractivity contribution in [2.45, 2.75) is 27.7 Å². The Labute approximate surface area is 175 Å². The van der Waals surface area contributed by atoms with Gasteiger partial charge in [0.25, 0.3) is 0 Å². The Kier molecular flexibility index (Phi) is 6.15. The largest absolute Gasteiger partial charge is 0.462 e. The van der Waals surface area contributed by atoms with Gasteiger partial charge in [0, 0.05) is 22.3 Å². The molecule has 0 saturated carbocycles. The van der Waals surface area contributed by atoms with E-state index >= 15 is 0 Å². The lowest BCUT2D eigenvalue weighted by Crippen LogP contribution is -2.24. The van der Waals surface area contributed by atoms with Crippen LogP contribution in [0.5, 0.6) is 0 Å². The van der Waals surface area contributed by atoms with Gasteiger partial charge in [0.1, 0.15) is 0 Å². The van der Waals surface area contributed by atoms with Crippen LogP contribution in [-0.4, -0.2) is 36.7 Å². The summed E-state index contributed by atoms with van der Waals surface area (Å²) in [5, 5.41) is 0. The molecule has 2 aromatic carbocycles. The summed E-state index contributed by atoms with van der Waals surface area (Å²) >= 11 is 0. The molecule has 156 valence electrons. The summed E-state index contributed by atoms with van der Waals surface area (Å²) in [6.45, 7) is 7.86. The number of benzene rings is 2. The number of hydrogen-bond acceptors (Lipinski definition) is 6. The van der Waals surface area contributed by atoms with Gasteiger partial charge in [0.2, 0.25) is 0 Å². The molecule has 0 amide bonds. The second kappa shape index (κ2) is 8.61. The molecule has 6 heteroatoms. The average Bonchev–Trinajstić information content (AvgIpc) is 2.73. The summed E-state index contributed by atoms with van der Waals surface area (Å²) in [6, 6.07) is 9.04. The van der Waals surface area contributed by atoms with Crippen molar-refractivity contribution >= 4 is 23.5 Å². The zero-order valence-corrected chi connectivity index (χ0v) is 17.5. The van der Waals surface area contributed by atoms with E-state index in [0.29, 0.717) is 0 Å². The van der Waals surface area contributed by atoms with E-state index in [9.17, 15) is 19.2 Å². The fraction of sp³-hybridized carbons (Fsp3) is 0.333. The van der Waals surface area contributed by atoms with Gasteiger partial charge in [-0.1, -0.05) is 52.0 Å². The van der Waals surface area contributed by atoms with Crippen molar-refractivity contribution in [3.63, 3.8) is 0 Å². The maximum atomic E-state index is 13.0. The summed E-state index contributed by atoms with van der Waals surface area (Å²) in [5.41, 5.74) is 0.539. The molecule has 0 atom stereocenters. The molecule has 0 N–H and O–H groups in total. The third-order valence-electron chi connectivity index (χ3n) is 4.60. The lowest BCUT2D eigenvalue weighted by molar-refractivity contribution is 0.0412. The Morgan fingerprint density at radius 3 is 1.40 bits per heavy atom. The molecule has 1 aliphatic rings. The highest BCUT2D eigenvalue weighted by Crippen LogP contribution is 2.30. The van der Waals surface area contributed by atoms with E-state index in [1.807, 2.05) is 27.7 Å². The third-order valence-corrected chi connectivity index (χ3v) is 4.60. The molecule has 6 nitrogen and oxygen atoms in total. The average molecular weight is 408 g/mol. The van der Waals surface area contributed by atoms with Crippen LogP contribution >= 0.6 is 0 Å². The molecule has 0 fully saturated rings. The van der Waals surface area contributed by atoms with Gasteiger partial charge in [-0.25, -0.2) is 9.59 Å². The van der Waals surface area contributed by atoms with E-state index in [4.69, 9.17) is 9.47 Å². The molecule has 0 spiro atoms. The van der Waals surface area contributed by atoms with Crippen molar-refractivity contribution in [2.24, 2.45) is 11.8 Å². The number of ether oxygens (including phenoxy) is 2. The number of carbonyl (C=O) groups excluding carboxylic acids is 4. The van der Waals surface area contributed by atoms with Gasteiger partial charge in [-0.3, -0.25) is 9.59 Å². The zero-order valence-electron chi connectivity index (χ0n) is 17.5. The van der Waals surface area contributed by atoms with E-state index in [2.05, 4.69) is 0 Å². The van der Waals surface area contributed by atoms with Crippen LogP contribution in [0.25, 0.3) is 0 Å². The van der Waals surface area contributed by atoms with Crippen LogP contribution in [0, 0.1) is 11.8 Å². The van der Waals surface area contributed by atoms with Gasteiger partial charge in [-0.15, -0.1) is 0 Å². The molecular weight excluding hydrogens is 384 g/mol. The summed E-state index contributed by atoms with van der Waals surface area (Å²) < 4.78 is 10.6. The molecule has 0 bridgehead atoms. The van der Waals surface area contributed by atoms with Crippen LogP contribution in [0.3, 0.4) is 0 Å². The van der Waals surface area contributed by atoms with Gasteiger partial charge in [0.05, 0.1) is 24.3 Å². The van der Waals surface area contributed by atoms with Gasteiger partial charge < -0.3 is 9.47 Å².